The first-order valence-electron chi connectivity index (χ1n) is 6.82. The fourth-order valence-electron chi connectivity index (χ4n) is 2.59. The zero-order chi connectivity index (χ0) is 14.8. The van der Waals surface area contributed by atoms with Gasteiger partial charge in [-0.05, 0) is 55.9 Å². The molecule has 1 fully saturated rings. The van der Waals surface area contributed by atoms with E-state index >= 15 is 0 Å². The van der Waals surface area contributed by atoms with Crippen molar-refractivity contribution in [2.75, 3.05) is 19.7 Å². The van der Waals surface area contributed by atoms with Crippen molar-refractivity contribution in [2.45, 2.75) is 31.1 Å². The number of piperidine rings is 1. The molecule has 0 amide bonds. The van der Waals surface area contributed by atoms with Crippen LogP contribution < -0.4 is 0 Å². The topological polar surface area (TPSA) is 57.6 Å². The highest BCUT2D eigenvalue weighted by molar-refractivity contribution is 9.10. The number of sulfonamides is 1. The summed E-state index contributed by atoms with van der Waals surface area (Å²) in [6.07, 6.45) is 2.52. The third-order valence-corrected chi connectivity index (χ3v) is 6.54. The molecule has 1 aliphatic rings. The summed E-state index contributed by atoms with van der Waals surface area (Å²) < 4.78 is 27.8. The van der Waals surface area contributed by atoms with Crippen molar-refractivity contribution in [3.8, 4) is 0 Å². The van der Waals surface area contributed by atoms with Gasteiger partial charge in [-0.25, -0.2) is 8.42 Å². The van der Waals surface area contributed by atoms with E-state index in [0.717, 1.165) is 22.9 Å². The van der Waals surface area contributed by atoms with Gasteiger partial charge in [0.2, 0.25) is 10.0 Å². The largest absolute Gasteiger partial charge is 0.396 e. The van der Waals surface area contributed by atoms with Gasteiger partial charge in [-0.2, -0.15) is 4.31 Å². The standard InChI is InChI=1S/C14H20BrNO3S/c1-11-9-13(4-5-14(11)15)20(18,19)16-7-2-3-12(10-16)6-8-17/h4-5,9,12,17H,2-3,6-8,10H2,1H3. The highest BCUT2D eigenvalue weighted by atomic mass is 79.9. The number of nitrogens with zero attached hydrogens (tertiary/aromatic N) is 1. The van der Waals surface area contributed by atoms with Crippen molar-refractivity contribution in [2.24, 2.45) is 5.92 Å². The van der Waals surface area contributed by atoms with Gasteiger partial charge in [0.25, 0.3) is 0 Å². The molecule has 0 spiro atoms. The smallest absolute Gasteiger partial charge is 0.243 e. The molecule has 6 heteroatoms. The number of aryl methyl sites for hydroxylation is 1. The highest BCUT2D eigenvalue weighted by Crippen LogP contribution is 2.27. The molecule has 112 valence electrons. The van der Waals surface area contributed by atoms with Crippen molar-refractivity contribution in [3.63, 3.8) is 0 Å². The average Bonchev–Trinajstić information content (AvgIpc) is 2.42. The summed E-state index contributed by atoms with van der Waals surface area (Å²) in [6, 6.07) is 5.12. The van der Waals surface area contributed by atoms with Gasteiger partial charge in [0.05, 0.1) is 4.90 Å². The van der Waals surface area contributed by atoms with E-state index in [2.05, 4.69) is 15.9 Å². The van der Waals surface area contributed by atoms with Crippen molar-refractivity contribution in [1.29, 1.82) is 0 Å². The van der Waals surface area contributed by atoms with Crippen LogP contribution in [0.1, 0.15) is 24.8 Å². The van der Waals surface area contributed by atoms with E-state index in [1.807, 2.05) is 6.92 Å². The molecule has 1 heterocycles. The monoisotopic (exact) mass is 361 g/mol. The summed E-state index contributed by atoms with van der Waals surface area (Å²) >= 11 is 3.39. The number of halogens is 1. The third kappa shape index (κ3) is 3.42. The summed E-state index contributed by atoms with van der Waals surface area (Å²) in [5, 5.41) is 9.02. The van der Waals surface area contributed by atoms with Gasteiger partial charge in [0.1, 0.15) is 0 Å². The van der Waals surface area contributed by atoms with Crippen molar-refractivity contribution in [1.82, 2.24) is 4.31 Å². The molecule has 0 aromatic heterocycles. The molecule has 1 aromatic rings. The van der Waals surface area contributed by atoms with Crippen LogP contribution in [-0.2, 0) is 10.0 Å². The average molecular weight is 362 g/mol. The summed E-state index contributed by atoms with van der Waals surface area (Å²) in [6.45, 7) is 3.08. The molecule has 1 N–H and O–H groups in total. The fourth-order valence-corrected chi connectivity index (χ4v) is 4.48. The van der Waals surface area contributed by atoms with Crippen LogP contribution in [0.25, 0.3) is 0 Å². The molecule has 0 bridgehead atoms. The number of hydrogen-bond donors (Lipinski definition) is 1. The second-order valence-electron chi connectivity index (χ2n) is 5.29. The number of rotatable bonds is 4. The van der Waals surface area contributed by atoms with Gasteiger partial charge < -0.3 is 5.11 Å². The Kier molecular flexibility index (Phi) is 5.23. The molecular weight excluding hydrogens is 342 g/mol. The van der Waals surface area contributed by atoms with E-state index in [4.69, 9.17) is 5.11 Å². The summed E-state index contributed by atoms with van der Waals surface area (Å²) in [4.78, 5) is 0.350. The van der Waals surface area contributed by atoms with Crippen LogP contribution in [0.2, 0.25) is 0 Å². The molecule has 0 saturated carbocycles. The SMILES string of the molecule is Cc1cc(S(=O)(=O)N2CCCC(CCO)C2)ccc1Br. The van der Waals surface area contributed by atoms with E-state index in [9.17, 15) is 8.42 Å². The van der Waals surface area contributed by atoms with Gasteiger partial charge in [-0.15, -0.1) is 0 Å². The van der Waals surface area contributed by atoms with Gasteiger partial charge in [-0.3, -0.25) is 0 Å². The zero-order valence-electron chi connectivity index (χ0n) is 11.5. The molecule has 0 radical (unpaired) electrons. The number of aliphatic hydroxyl groups excluding tert-OH is 1. The van der Waals surface area contributed by atoms with Crippen LogP contribution in [0.4, 0.5) is 0 Å². The predicted octanol–water partition coefficient (Wildman–Crippen LogP) is 2.54. The third-order valence-electron chi connectivity index (χ3n) is 3.79. The quantitative estimate of drug-likeness (QED) is 0.896. The molecule has 1 aromatic carbocycles. The Labute approximate surface area is 129 Å². The Bertz CT molecular complexity index is 572. The highest BCUT2D eigenvalue weighted by Gasteiger charge is 2.30. The minimum atomic E-state index is -3.42. The minimum Gasteiger partial charge on any atom is -0.396 e. The van der Waals surface area contributed by atoms with Crippen LogP contribution in [-0.4, -0.2) is 37.5 Å². The minimum absolute atomic E-state index is 0.121. The van der Waals surface area contributed by atoms with Crippen molar-refractivity contribution in [3.05, 3.63) is 28.2 Å². The lowest BCUT2D eigenvalue weighted by Gasteiger charge is -2.31. The summed E-state index contributed by atoms with van der Waals surface area (Å²) in [5.74, 6) is 0.264. The van der Waals surface area contributed by atoms with Crippen LogP contribution in [0.3, 0.4) is 0 Å². The normalized spacial score (nSPS) is 21.1. The molecule has 2 rings (SSSR count). The van der Waals surface area contributed by atoms with E-state index in [-0.39, 0.29) is 12.5 Å². The second-order valence-corrected chi connectivity index (χ2v) is 8.09. The Hall–Kier alpha value is -0.430. The molecule has 0 aliphatic carbocycles. The Morgan fingerprint density at radius 2 is 2.20 bits per heavy atom. The Morgan fingerprint density at radius 3 is 2.85 bits per heavy atom. The molecule has 4 nitrogen and oxygen atoms in total. The van der Waals surface area contributed by atoms with Gasteiger partial charge >= 0.3 is 0 Å². The van der Waals surface area contributed by atoms with E-state index in [1.165, 1.54) is 0 Å². The van der Waals surface area contributed by atoms with Crippen LogP contribution in [0.15, 0.2) is 27.6 Å². The first-order valence-corrected chi connectivity index (χ1v) is 9.05. The molecule has 20 heavy (non-hydrogen) atoms. The van der Waals surface area contributed by atoms with Crippen LogP contribution in [0, 0.1) is 12.8 Å². The maximum absolute atomic E-state index is 12.6. The lowest BCUT2D eigenvalue weighted by molar-refractivity contribution is 0.203. The lowest BCUT2D eigenvalue weighted by atomic mass is 9.97. The zero-order valence-corrected chi connectivity index (χ0v) is 14.0. The Balaban J connectivity index is 2.23. The Morgan fingerprint density at radius 1 is 1.45 bits per heavy atom. The van der Waals surface area contributed by atoms with Crippen LogP contribution in [0.5, 0.6) is 0 Å². The second kappa shape index (κ2) is 6.56. The number of hydrogen-bond acceptors (Lipinski definition) is 3. The van der Waals surface area contributed by atoms with Crippen LogP contribution >= 0.6 is 15.9 Å². The first-order chi connectivity index (χ1) is 9.45. The van der Waals surface area contributed by atoms with Gasteiger partial charge in [-0.1, -0.05) is 15.9 Å². The molecule has 1 unspecified atom stereocenters. The summed E-state index contributed by atoms with van der Waals surface area (Å²) in [5.41, 5.74) is 0.912. The molecule has 1 saturated heterocycles. The first kappa shape index (κ1) is 15.9. The maximum atomic E-state index is 12.6. The van der Waals surface area contributed by atoms with E-state index < -0.39 is 10.0 Å². The van der Waals surface area contributed by atoms with Crippen molar-refractivity contribution < 1.29 is 13.5 Å². The van der Waals surface area contributed by atoms with E-state index in [1.54, 1.807) is 22.5 Å². The number of benzene rings is 1. The fraction of sp³-hybridized carbons (Fsp3) is 0.571. The lowest BCUT2D eigenvalue weighted by Crippen LogP contribution is -2.40. The maximum Gasteiger partial charge on any atom is 0.243 e. The molecular formula is C14H20BrNO3S. The van der Waals surface area contributed by atoms with Gasteiger partial charge in [0, 0.05) is 24.2 Å². The predicted molar refractivity (Wildman–Crippen MR) is 82.1 cm³/mol. The summed E-state index contributed by atoms with van der Waals surface area (Å²) in [7, 11) is -3.42. The molecule has 1 atom stereocenters. The molecule has 1 aliphatic heterocycles. The van der Waals surface area contributed by atoms with Crippen molar-refractivity contribution >= 4 is 26.0 Å². The van der Waals surface area contributed by atoms with E-state index in [0.29, 0.717) is 24.4 Å². The van der Waals surface area contributed by atoms with Gasteiger partial charge in [0.15, 0.2) is 0 Å². The number of aliphatic hydroxyl groups is 1.